The Kier molecular flexibility index (Phi) is 13.0. The zero-order valence-electron chi connectivity index (χ0n) is 32.6. The molecule has 0 unspecified atom stereocenters. The topological polar surface area (TPSA) is 107 Å². The fraction of sp³-hybridized carbons (Fsp3) is 0.286. The molecule has 0 radical (unpaired) electrons. The van der Waals surface area contributed by atoms with Crippen molar-refractivity contribution in [2.75, 3.05) is 62.2 Å². The van der Waals surface area contributed by atoms with E-state index in [1.807, 2.05) is 49.6 Å². The van der Waals surface area contributed by atoms with Gasteiger partial charge in [0.2, 0.25) is 20.0 Å². The summed E-state index contributed by atoms with van der Waals surface area (Å²) < 4.78 is 54.6. The van der Waals surface area contributed by atoms with E-state index in [1.165, 1.54) is 22.5 Å². The Bertz CT molecular complexity index is 2600. The average Bonchev–Trinajstić information content (AvgIpc) is 3.91. The van der Waals surface area contributed by atoms with Crippen molar-refractivity contribution in [3.8, 4) is 22.5 Å². The van der Waals surface area contributed by atoms with Crippen molar-refractivity contribution in [3.05, 3.63) is 128 Å². The van der Waals surface area contributed by atoms with E-state index in [2.05, 4.69) is 47.2 Å². The van der Waals surface area contributed by atoms with Crippen LogP contribution in [0, 0.1) is 27.7 Å². The Balaban J connectivity index is 0.000000177. The summed E-state index contributed by atoms with van der Waals surface area (Å²) in [7, 11) is -6.92. The Hall–Kier alpha value is -3.86. The van der Waals surface area contributed by atoms with Gasteiger partial charge in [0.1, 0.15) is 0 Å². The summed E-state index contributed by atoms with van der Waals surface area (Å²) in [5.41, 5.74) is 8.29. The van der Waals surface area contributed by atoms with Crippen LogP contribution in [0.3, 0.4) is 0 Å². The van der Waals surface area contributed by atoms with Crippen molar-refractivity contribution in [3.63, 3.8) is 0 Å². The number of piperazine rings is 2. The second kappa shape index (κ2) is 17.8. The standard InChI is InChI=1S/C22H25N3O2S2.C20H19Cl2N3O2S2/c1-16-5-8-19(9-6-16)29(26,27)25-12-10-24(11-13-25)22-23-21(15-28-22)20-14-17(2)4-7-18(20)3;1-14-2-5-16(6-3-14)29(26,27)25-10-8-24(9-11-25)20-23-19(13-28-20)17-7-4-15(21)12-18(17)22/h4-9,14-15H,10-13H2,1-3H3;2-7,12-13H,8-11H2,1H3. The van der Waals surface area contributed by atoms with Crippen LogP contribution >= 0.6 is 45.9 Å². The molecule has 0 bridgehead atoms. The number of sulfonamides is 2. The molecule has 4 heterocycles. The molecule has 10 nitrogen and oxygen atoms in total. The van der Waals surface area contributed by atoms with Crippen molar-refractivity contribution >= 4 is 76.2 Å². The molecule has 0 spiro atoms. The molecule has 4 aromatic carbocycles. The van der Waals surface area contributed by atoms with Gasteiger partial charge in [0.25, 0.3) is 0 Å². The molecule has 2 saturated heterocycles. The zero-order chi connectivity index (χ0) is 41.2. The van der Waals surface area contributed by atoms with Crippen LogP contribution in [0.4, 0.5) is 10.3 Å². The monoisotopic (exact) mass is 894 g/mol. The first-order chi connectivity index (χ1) is 27.7. The van der Waals surface area contributed by atoms with E-state index >= 15 is 0 Å². The number of hydrogen-bond donors (Lipinski definition) is 0. The van der Waals surface area contributed by atoms with Gasteiger partial charge >= 0.3 is 0 Å². The molecule has 2 aliphatic heterocycles. The van der Waals surface area contributed by atoms with Gasteiger partial charge in [-0.3, -0.25) is 0 Å². The lowest BCUT2D eigenvalue weighted by atomic mass is 10.0. The Morgan fingerprint density at radius 3 is 1.40 bits per heavy atom. The van der Waals surface area contributed by atoms with Crippen molar-refractivity contribution in [2.24, 2.45) is 0 Å². The molecule has 16 heteroatoms. The van der Waals surface area contributed by atoms with E-state index in [0.717, 1.165) is 43.9 Å². The lowest BCUT2D eigenvalue weighted by Crippen LogP contribution is -2.48. The molecule has 8 rings (SSSR count). The summed E-state index contributed by atoms with van der Waals surface area (Å²) in [6, 6.07) is 25.8. The molecule has 6 aromatic rings. The van der Waals surface area contributed by atoms with Gasteiger partial charge in [-0.2, -0.15) is 8.61 Å². The van der Waals surface area contributed by atoms with Gasteiger partial charge in [0, 0.05) is 79.3 Å². The molecule has 0 saturated carbocycles. The third-order valence-corrected chi connectivity index (χ3v) is 16.4. The third kappa shape index (κ3) is 9.45. The lowest BCUT2D eigenvalue weighted by Gasteiger charge is -2.33. The summed E-state index contributed by atoms with van der Waals surface area (Å²) in [5.74, 6) is 0. The van der Waals surface area contributed by atoms with Gasteiger partial charge < -0.3 is 9.80 Å². The lowest BCUT2D eigenvalue weighted by molar-refractivity contribution is 0.384. The molecule has 0 aliphatic carbocycles. The minimum atomic E-state index is -3.47. The van der Waals surface area contributed by atoms with E-state index < -0.39 is 20.0 Å². The van der Waals surface area contributed by atoms with Crippen LogP contribution in [0.5, 0.6) is 0 Å². The normalized spacial score (nSPS) is 15.6. The Labute approximate surface area is 359 Å². The maximum absolute atomic E-state index is 12.9. The van der Waals surface area contributed by atoms with Crippen LogP contribution < -0.4 is 9.80 Å². The van der Waals surface area contributed by atoms with Gasteiger partial charge in [-0.1, -0.05) is 76.3 Å². The highest BCUT2D eigenvalue weighted by atomic mass is 35.5. The number of aromatic nitrogens is 2. The number of thiazole rings is 2. The number of halogens is 2. The predicted octanol–water partition coefficient (Wildman–Crippen LogP) is 9.18. The highest BCUT2D eigenvalue weighted by Crippen LogP contribution is 2.35. The summed E-state index contributed by atoms with van der Waals surface area (Å²) in [6.45, 7) is 12.3. The molecule has 58 heavy (non-hydrogen) atoms. The molecule has 2 aliphatic rings. The fourth-order valence-corrected chi connectivity index (χ4v) is 11.8. The van der Waals surface area contributed by atoms with E-state index in [9.17, 15) is 16.8 Å². The van der Waals surface area contributed by atoms with Crippen molar-refractivity contribution in [1.82, 2.24) is 18.6 Å². The van der Waals surface area contributed by atoms with Crippen LogP contribution in [0.1, 0.15) is 22.3 Å². The first-order valence-electron chi connectivity index (χ1n) is 18.8. The van der Waals surface area contributed by atoms with Crippen LogP contribution in [0.15, 0.2) is 105 Å². The zero-order valence-corrected chi connectivity index (χ0v) is 37.4. The van der Waals surface area contributed by atoms with Gasteiger partial charge in [-0.25, -0.2) is 26.8 Å². The molecule has 2 aromatic heterocycles. The molecule has 304 valence electrons. The van der Waals surface area contributed by atoms with E-state index in [0.29, 0.717) is 72.2 Å². The van der Waals surface area contributed by atoms with Gasteiger partial charge in [-0.15, -0.1) is 22.7 Å². The molecule has 0 atom stereocenters. The first kappa shape index (κ1) is 42.3. The molecule has 2 fully saturated rings. The van der Waals surface area contributed by atoms with Crippen LogP contribution in [-0.2, 0) is 20.0 Å². The van der Waals surface area contributed by atoms with E-state index in [1.54, 1.807) is 56.3 Å². The highest BCUT2D eigenvalue weighted by Gasteiger charge is 2.31. The van der Waals surface area contributed by atoms with Crippen LogP contribution in [0.25, 0.3) is 22.5 Å². The minimum Gasteiger partial charge on any atom is -0.345 e. The summed E-state index contributed by atoms with van der Waals surface area (Å²) in [4.78, 5) is 14.5. The molecule has 0 N–H and O–H groups in total. The van der Waals surface area contributed by atoms with E-state index in [4.69, 9.17) is 33.2 Å². The quantitative estimate of drug-likeness (QED) is 0.149. The number of anilines is 2. The maximum atomic E-state index is 12.9. The van der Waals surface area contributed by atoms with Crippen molar-refractivity contribution < 1.29 is 16.8 Å². The number of aryl methyl sites for hydroxylation is 4. The smallest absolute Gasteiger partial charge is 0.243 e. The average molecular weight is 896 g/mol. The van der Waals surface area contributed by atoms with Gasteiger partial charge in [0.05, 0.1) is 26.2 Å². The first-order valence-corrected chi connectivity index (χ1v) is 24.2. The van der Waals surface area contributed by atoms with Gasteiger partial charge in [0.15, 0.2) is 10.3 Å². The molecular weight excluding hydrogens is 852 g/mol. The van der Waals surface area contributed by atoms with E-state index in [-0.39, 0.29) is 0 Å². The number of rotatable bonds is 8. The molecular formula is C42H44Cl2N6O4S4. The third-order valence-electron chi connectivity index (χ3n) is 10.2. The number of hydrogen-bond acceptors (Lipinski definition) is 10. The predicted molar refractivity (Wildman–Crippen MR) is 239 cm³/mol. The molecule has 0 amide bonds. The summed E-state index contributed by atoms with van der Waals surface area (Å²) in [5, 5.41) is 7.00. The number of nitrogens with zero attached hydrogens (tertiary/aromatic N) is 6. The largest absolute Gasteiger partial charge is 0.345 e. The second-order valence-corrected chi connectivity index (χ2v) is 20.8. The van der Waals surface area contributed by atoms with Crippen LogP contribution in [-0.4, -0.2) is 87.8 Å². The summed E-state index contributed by atoms with van der Waals surface area (Å²) >= 11 is 15.4. The summed E-state index contributed by atoms with van der Waals surface area (Å²) in [6.07, 6.45) is 0. The van der Waals surface area contributed by atoms with Crippen LogP contribution in [0.2, 0.25) is 10.0 Å². The minimum absolute atomic E-state index is 0.338. The number of benzene rings is 4. The van der Waals surface area contributed by atoms with Crippen molar-refractivity contribution in [1.29, 1.82) is 0 Å². The fourth-order valence-electron chi connectivity index (χ4n) is 6.73. The highest BCUT2D eigenvalue weighted by molar-refractivity contribution is 7.89. The maximum Gasteiger partial charge on any atom is 0.243 e. The Morgan fingerprint density at radius 1 is 0.517 bits per heavy atom. The Morgan fingerprint density at radius 2 is 0.948 bits per heavy atom. The second-order valence-electron chi connectivity index (χ2n) is 14.4. The van der Waals surface area contributed by atoms with Crippen molar-refractivity contribution in [2.45, 2.75) is 37.5 Å². The SMILES string of the molecule is Cc1ccc(S(=O)(=O)N2CCN(c3nc(-c4cc(C)ccc4C)cs3)CC2)cc1.Cc1ccc(S(=O)(=O)N2CCN(c3nc(-c4ccc(Cl)cc4Cl)cs3)CC2)cc1. The van der Waals surface area contributed by atoms with Gasteiger partial charge in [-0.05, 0) is 81.8 Å².